The number of Topliss-reactive ketones (excluding diaryl/α,β-unsaturated/α-hetero) is 1. The SMILES string of the molecule is CCCCCCCCC=CCCCCCCCCC(=O)C(CCCCCCCCC=CCCCCCCCC)C1(CC=O)OC(=O)CCC(=O)O1. The van der Waals surface area contributed by atoms with Crippen LogP contribution in [0.1, 0.15) is 226 Å². The zero-order valence-corrected chi connectivity index (χ0v) is 33.2. The van der Waals surface area contributed by atoms with Crippen molar-refractivity contribution in [1.29, 1.82) is 0 Å². The lowest BCUT2D eigenvalue weighted by Gasteiger charge is -2.36. The predicted octanol–water partition coefficient (Wildman–Crippen LogP) is 13.2. The van der Waals surface area contributed by atoms with Crippen molar-refractivity contribution in [2.24, 2.45) is 5.92 Å². The molecule has 1 fully saturated rings. The van der Waals surface area contributed by atoms with Crippen LogP contribution in [0.2, 0.25) is 0 Å². The largest absolute Gasteiger partial charge is 0.421 e. The second kappa shape index (κ2) is 33.6. The molecule has 6 nitrogen and oxygen atoms in total. The first kappa shape index (κ1) is 46.8. The Bertz CT molecular complexity index is 919. The fourth-order valence-corrected chi connectivity index (χ4v) is 7.14. The number of rotatable bonds is 36. The number of esters is 2. The molecular formula is C45H78O6. The Balaban J connectivity index is 2.40. The Hall–Kier alpha value is -2.24. The van der Waals surface area contributed by atoms with Gasteiger partial charge in [0.25, 0.3) is 5.79 Å². The standard InChI is InChI=1S/C45H78O6/c1-3-5-7-9-11-13-15-17-19-21-23-25-27-29-31-33-35-41(45(39-40-46)50-43(48)37-38-44(49)51-45)42(47)36-34-32-30-28-26-24-22-20-18-16-14-12-10-8-6-4-2/h17-20,40-41H,3-16,21-39H2,1-2H3. The quantitative estimate of drug-likeness (QED) is 0.0278. The third-order valence-corrected chi connectivity index (χ3v) is 10.3. The van der Waals surface area contributed by atoms with Gasteiger partial charge in [-0.1, -0.05) is 160 Å². The minimum atomic E-state index is -1.81. The first-order valence-electron chi connectivity index (χ1n) is 21.7. The highest BCUT2D eigenvalue weighted by Gasteiger charge is 2.50. The molecule has 6 heteroatoms. The average Bonchev–Trinajstić information content (AvgIpc) is 3.26. The van der Waals surface area contributed by atoms with Gasteiger partial charge < -0.3 is 14.3 Å². The molecule has 0 aliphatic carbocycles. The van der Waals surface area contributed by atoms with E-state index in [-0.39, 0.29) is 25.0 Å². The number of unbranched alkanes of at least 4 members (excludes halogenated alkanes) is 24. The zero-order chi connectivity index (χ0) is 37.1. The van der Waals surface area contributed by atoms with Gasteiger partial charge >= 0.3 is 11.9 Å². The van der Waals surface area contributed by atoms with E-state index in [1.165, 1.54) is 116 Å². The summed E-state index contributed by atoms with van der Waals surface area (Å²) < 4.78 is 11.3. The van der Waals surface area contributed by atoms with Crippen molar-refractivity contribution in [3.8, 4) is 0 Å². The van der Waals surface area contributed by atoms with Crippen LogP contribution >= 0.6 is 0 Å². The van der Waals surface area contributed by atoms with Crippen molar-refractivity contribution in [2.75, 3.05) is 0 Å². The van der Waals surface area contributed by atoms with Gasteiger partial charge in [0.05, 0.1) is 25.2 Å². The van der Waals surface area contributed by atoms with Crippen molar-refractivity contribution in [1.82, 2.24) is 0 Å². The summed E-state index contributed by atoms with van der Waals surface area (Å²) in [6.07, 6.45) is 43.7. The molecule has 0 aromatic carbocycles. The molecule has 1 heterocycles. The Morgan fingerprint density at radius 3 is 1.29 bits per heavy atom. The number of ketones is 1. The molecule has 51 heavy (non-hydrogen) atoms. The minimum Gasteiger partial charge on any atom is -0.421 e. The molecule has 1 atom stereocenters. The van der Waals surface area contributed by atoms with Gasteiger partial charge in [0, 0.05) is 6.42 Å². The highest BCUT2D eigenvalue weighted by molar-refractivity contribution is 5.85. The molecule has 1 unspecified atom stereocenters. The number of hydrogen-bond acceptors (Lipinski definition) is 6. The monoisotopic (exact) mass is 715 g/mol. The molecule has 0 N–H and O–H groups in total. The van der Waals surface area contributed by atoms with Gasteiger partial charge in [-0.2, -0.15) is 0 Å². The summed E-state index contributed by atoms with van der Waals surface area (Å²) in [6, 6.07) is 0. The molecule has 1 aliphatic rings. The van der Waals surface area contributed by atoms with Crippen LogP contribution in [-0.2, 0) is 28.7 Å². The number of aldehydes is 1. The third-order valence-electron chi connectivity index (χ3n) is 10.3. The zero-order valence-electron chi connectivity index (χ0n) is 33.2. The predicted molar refractivity (Wildman–Crippen MR) is 211 cm³/mol. The topological polar surface area (TPSA) is 86.7 Å². The fourth-order valence-electron chi connectivity index (χ4n) is 7.14. The van der Waals surface area contributed by atoms with Crippen LogP contribution in [0.15, 0.2) is 24.3 Å². The molecule has 0 spiro atoms. The van der Waals surface area contributed by atoms with Crippen LogP contribution < -0.4 is 0 Å². The van der Waals surface area contributed by atoms with Crippen LogP contribution in [0.5, 0.6) is 0 Å². The Kier molecular flexibility index (Phi) is 30.8. The van der Waals surface area contributed by atoms with Gasteiger partial charge in [0.1, 0.15) is 12.1 Å². The molecule has 0 bridgehead atoms. The molecule has 0 amide bonds. The van der Waals surface area contributed by atoms with Gasteiger partial charge in [-0.15, -0.1) is 0 Å². The van der Waals surface area contributed by atoms with E-state index in [4.69, 9.17) is 9.47 Å². The summed E-state index contributed by atoms with van der Waals surface area (Å²) in [5, 5.41) is 0. The molecular weight excluding hydrogens is 636 g/mol. The smallest absolute Gasteiger partial charge is 0.309 e. The maximum atomic E-state index is 13.7. The summed E-state index contributed by atoms with van der Waals surface area (Å²) >= 11 is 0. The normalized spacial score (nSPS) is 15.3. The Morgan fingerprint density at radius 2 is 0.902 bits per heavy atom. The molecule has 0 saturated carbocycles. The summed E-state index contributed by atoms with van der Waals surface area (Å²) in [7, 11) is 0. The summed E-state index contributed by atoms with van der Waals surface area (Å²) in [5.41, 5.74) is 0. The lowest BCUT2D eigenvalue weighted by Crippen LogP contribution is -2.49. The maximum absolute atomic E-state index is 13.7. The van der Waals surface area contributed by atoms with Gasteiger partial charge in [-0.25, -0.2) is 0 Å². The summed E-state index contributed by atoms with van der Waals surface area (Å²) in [5.74, 6) is -3.86. The van der Waals surface area contributed by atoms with E-state index in [0.717, 1.165) is 64.2 Å². The van der Waals surface area contributed by atoms with E-state index >= 15 is 0 Å². The average molecular weight is 715 g/mol. The Labute approximate surface area is 313 Å². The number of hydrogen-bond donors (Lipinski definition) is 0. The fraction of sp³-hybridized carbons (Fsp3) is 0.822. The van der Waals surface area contributed by atoms with Crippen molar-refractivity contribution in [3.05, 3.63) is 24.3 Å². The van der Waals surface area contributed by atoms with E-state index in [1.54, 1.807) is 0 Å². The second-order valence-electron chi connectivity index (χ2n) is 15.1. The first-order chi connectivity index (χ1) is 25.0. The van der Waals surface area contributed by atoms with Crippen LogP contribution in [0.4, 0.5) is 0 Å². The molecule has 1 aliphatic heterocycles. The Morgan fingerprint density at radius 1 is 0.549 bits per heavy atom. The molecule has 1 rings (SSSR count). The summed E-state index contributed by atoms with van der Waals surface area (Å²) in [6.45, 7) is 4.51. The van der Waals surface area contributed by atoms with Crippen LogP contribution in [-0.4, -0.2) is 29.8 Å². The van der Waals surface area contributed by atoms with E-state index < -0.39 is 23.6 Å². The van der Waals surface area contributed by atoms with Gasteiger partial charge in [0.15, 0.2) is 0 Å². The number of ether oxygens (including phenoxy) is 2. The molecule has 294 valence electrons. The lowest BCUT2D eigenvalue weighted by molar-refractivity contribution is -0.239. The highest BCUT2D eigenvalue weighted by atomic mass is 16.7. The molecule has 0 aromatic heterocycles. The highest BCUT2D eigenvalue weighted by Crippen LogP contribution is 2.36. The number of carbonyl (C=O) groups excluding carboxylic acids is 4. The maximum Gasteiger partial charge on any atom is 0.309 e. The summed E-state index contributed by atoms with van der Waals surface area (Å²) in [4.78, 5) is 50.4. The van der Waals surface area contributed by atoms with E-state index in [1.807, 2.05) is 0 Å². The van der Waals surface area contributed by atoms with Crippen LogP contribution in [0, 0.1) is 5.92 Å². The van der Waals surface area contributed by atoms with Gasteiger partial charge in [-0.3, -0.25) is 14.4 Å². The molecule has 0 aromatic rings. The number of allylic oxidation sites excluding steroid dienone is 4. The van der Waals surface area contributed by atoms with Crippen molar-refractivity contribution < 1.29 is 28.7 Å². The number of carbonyl (C=O) groups is 4. The van der Waals surface area contributed by atoms with Crippen LogP contribution in [0.3, 0.4) is 0 Å². The minimum absolute atomic E-state index is 0.0670. The second-order valence-corrected chi connectivity index (χ2v) is 15.1. The van der Waals surface area contributed by atoms with Gasteiger partial charge in [-0.05, 0) is 64.2 Å². The third kappa shape index (κ3) is 25.4. The van der Waals surface area contributed by atoms with E-state index in [0.29, 0.717) is 19.1 Å². The first-order valence-corrected chi connectivity index (χ1v) is 21.7. The van der Waals surface area contributed by atoms with Gasteiger partial charge in [0.2, 0.25) is 0 Å². The lowest BCUT2D eigenvalue weighted by atomic mass is 9.84. The van der Waals surface area contributed by atoms with Crippen molar-refractivity contribution in [3.63, 3.8) is 0 Å². The van der Waals surface area contributed by atoms with E-state index in [2.05, 4.69) is 38.2 Å². The van der Waals surface area contributed by atoms with Crippen LogP contribution in [0.25, 0.3) is 0 Å². The van der Waals surface area contributed by atoms with E-state index in [9.17, 15) is 19.2 Å². The van der Waals surface area contributed by atoms with Crippen molar-refractivity contribution >= 4 is 24.0 Å². The molecule has 1 saturated heterocycles. The molecule has 0 radical (unpaired) electrons. The number of cyclic esters (lactones) is 2. The van der Waals surface area contributed by atoms with Crippen molar-refractivity contribution in [2.45, 2.75) is 232 Å².